The van der Waals surface area contributed by atoms with Gasteiger partial charge < -0.3 is 5.11 Å². The molecule has 1 aliphatic heterocycles. The predicted molar refractivity (Wildman–Crippen MR) is 97.2 cm³/mol. The van der Waals surface area contributed by atoms with Crippen molar-refractivity contribution >= 4 is 27.4 Å². The summed E-state index contributed by atoms with van der Waals surface area (Å²) in [6.45, 7) is 1.63. The first-order chi connectivity index (χ1) is 12.8. The summed E-state index contributed by atoms with van der Waals surface area (Å²) in [5.74, 6) is -1.76. The molecular formula is C18H17N3O5S. The average Bonchev–Trinajstić information content (AvgIpc) is 2.92. The van der Waals surface area contributed by atoms with Gasteiger partial charge in [0.2, 0.25) is 10.0 Å². The quantitative estimate of drug-likeness (QED) is 0.801. The Balaban J connectivity index is 2.14. The lowest BCUT2D eigenvalue weighted by atomic mass is 9.98. The van der Waals surface area contributed by atoms with Gasteiger partial charge >= 0.3 is 0 Å². The van der Waals surface area contributed by atoms with E-state index in [0.717, 1.165) is 0 Å². The normalized spacial score (nSPS) is 17.5. The van der Waals surface area contributed by atoms with Crippen LogP contribution < -0.4 is 10.0 Å². The summed E-state index contributed by atoms with van der Waals surface area (Å²) >= 11 is 0. The molecule has 0 spiro atoms. The molecule has 0 fully saturated rings. The molecule has 1 unspecified atom stereocenters. The lowest BCUT2D eigenvalue weighted by Crippen LogP contribution is -2.31. The fraction of sp³-hybridized carbons (Fsp3) is 0.167. The van der Waals surface area contributed by atoms with E-state index in [2.05, 4.69) is 4.98 Å². The molecule has 1 aromatic heterocycles. The van der Waals surface area contributed by atoms with Gasteiger partial charge in [-0.25, -0.2) is 13.6 Å². The SMILES string of the molecule is CCC(=O)C1=C(O)C(=O)N(c2ccc(S(N)(=O)=O)cc2)C1c1ccccn1. The maximum Gasteiger partial charge on any atom is 0.294 e. The number of pyridine rings is 1. The number of sulfonamides is 1. The number of hydrogen-bond donors (Lipinski definition) is 2. The van der Waals surface area contributed by atoms with Gasteiger partial charge in [0.25, 0.3) is 5.91 Å². The van der Waals surface area contributed by atoms with E-state index in [4.69, 9.17) is 5.14 Å². The van der Waals surface area contributed by atoms with Crippen LogP contribution in [0.15, 0.2) is 64.9 Å². The topological polar surface area (TPSA) is 131 Å². The van der Waals surface area contributed by atoms with Crippen molar-refractivity contribution in [3.05, 3.63) is 65.7 Å². The molecule has 1 aromatic carbocycles. The van der Waals surface area contributed by atoms with E-state index in [1.807, 2.05) is 0 Å². The number of nitrogens with zero attached hydrogens (tertiary/aromatic N) is 2. The number of hydrogen-bond acceptors (Lipinski definition) is 6. The second-order valence-corrected chi connectivity index (χ2v) is 7.47. The third-order valence-corrected chi connectivity index (χ3v) is 5.17. The fourth-order valence-electron chi connectivity index (χ4n) is 2.96. The number of nitrogens with two attached hydrogens (primary N) is 1. The molecule has 0 radical (unpaired) electrons. The number of aliphatic hydroxyl groups excluding tert-OH is 1. The average molecular weight is 387 g/mol. The maximum absolute atomic E-state index is 12.7. The number of anilines is 1. The van der Waals surface area contributed by atoms with Gasteiger partial charge in [-0.15, -0.1) is 0 Å². The van der Waals surface area contributed by atoms with Crippen LogP contribution in [0.1, 0.15) is 25.1 Å². The van der Waals surface area contributed by atoms with Crippen LogP contribution in [0, 0.1) is 0 Å². The first-order valence-corrected chi connectivity index (χ1v) is 9.64. The number of rotatable bonds is 5. The van der Waals surface area contributed by atoms with Crippen molar-refractivity contribution in [1.82, 2.24) is 4.98 Å². The largest absolute Gasteiger partial charge is 0.503 e. The first kappa shape index (κ1) is 18.7. The summed E-state index contributed by atoms with van der Waals surface area (Å²) in [6, 6.07) is 9.42. The van der Waals surface area contributed by atoms with E-state index in [-0.39, 0.29) is 22.7 Å². The number of amides is 1. The highest BCUT2D eigenvalue weighted by molar-refractivity contribution is 7.89. The summed E-state index contributed by atoms with van der Waals surface area (Å²) in [5, 5.41) is 15.4. The molecule has 0 saturated heterocycles. The summed E-state index contributed by atoms with van der Waals surface area (Å²) in [6.07, 6.45) is 1.62. The lowest BCUT2D eigenvalue weighted by molar-refractivity contribution is -0.118. The number of aliphatic hydroxyl groups is 1. The van der Waals surface area contributed by atoms with Crippen molar-refractivity contribution in [3.63, 3.8) is 0 Å². The molecule has 2 heterocycles. The number of primary sulfonamides is 1. The van der Waals surface area contributed by atoms with Crippen LogP contribution in [0.25, 0.3) is 0 Å². The second kappa shape index (κ2) is 6.93. The molecule has 0 bridgehead atoms. The van der Waals surface area contributed by atoms with Crippen LogP contribution in [-0.2, 0) is 19.6 Å². The number of ketones is 1. The molecule has 0 saturated carbocycles. The van der Waals surface area contributed by atoms with Gasteiger partial charge in [-0.1, -0.05) is 13.0 Å². The molecule has 1 amide bonds. The molecule has 3 rings (SSSR count). The van der Waals surface area contributed by atoms with Crippen LogP contribution in [-0.4, -0.2) is 30.2 Å². The minimum Gasteiger partial charge on any atom is -0.503 e. The van der Waals surface area contributed by atoms with Crippen molar-refractivity contribution in [2.75, 3.05) is 4.90 Å². The lowest BCUT2D eigenvalue weighted by Gasteiger charge is -2.26. The molecule has 8 nitrogen and oxygen atoms in total. The molecule has 27 heavy (non-hydrogen) atoms. The molecule has 140 valence electrons. The van der Waals surface area contributed by atoms with Gasteiger partial charge in [-0.05, 0) is 36.4 Å². The predicted octanol–water partition coefficient (Wildman–Crippen LogP) is 1.61. The van der Waals surface area contributed by atoms with Gasteiger partial charge in [0.15, 0.2) is 11.5 Å². The van der Waals surface area contributed by atoms with Gasteiger partial charge in [0, 0.05) is 18.3 Å². The van der Waals surface area contributed by atoms with Crippen molar-refractivity contribution in [1.29, 1.82) is 0 Å². The zero-order chi connectivity index (χ0) is 19.8. The van der Waals surface area contributed by atoms with Gasteiger partial charge in [0.05, 0.1) is 16.2 Å². The summed E-state index contributed by atoms with van der Waals surface area (Å²) in [5.41, 5.74) is 0.674. The van der Waals surface area contributed by atoms with E-state index >= 15 is 0 Å². The van der Waals surface area contributed by atoms with E-state index in [9.17, 15) is 23.1 Å². The van der Waals surface area contributed by atoms with Gasteiger partial charge in [0.1, 0.15) is 6.04 Å². The van der Waals surface area contributed by atoms with Crippen LogP contribution in [0.3, 0.4) is 0 Å². The van der Waals surface area contributed by atoms with Crippen molar-refractivity contribution in [2.45, 2.75) is 24.3 Å². The van der Waals surface area contributed by atoms with Gasteiger partial charge in [-0.3, -0.25) is 19.5 Å². The van der Waals surface area contributed by atoms with Crippen LogP contribution in [0.4, 0.5) is 5.69 Å². The Hall–Kier alpha value is -3.04. The smallest absolute Gasteiger partial charge is 0.294 e. The highest BCUT2D eigenvalue weighted by atomic mass is 32.2. The molecule has 3 N–H and O–H groups in total. The minimum absolute atomic E-state index is 0.0308. The highest BCUT2D eigenvalue weighted by Gasteiger charge is 2.44. The first-order valence-electron chi connectivity index (χ1n) is 8.09. The Morgan fingerprint density at radius 1 is 1.22 bits per heavy atom. The maximum atomic E-state index is 12.7. The van der Waals surface area contributed by atoms with Gasteiger partial charge in [-0.2, -0.15) is 0 Å². The Labute approximate surface area is 156 Å². The van der Waals surface area contributed by atoms with Crippen LogP contribution in [0.5, 0.6) is 0 Å². The zero-order valence-corrected chi connectivity index (χ0v) is 15.2. The van der Waals surface area contributed by atoms with Crippen molar-refractivity contribution < 1.29 is 23.1 Å². The minimum atomic E-state index is -3.89. The van der Waals surface area contributed by atoms with E-state index in [0.29, 0.717) is 11.4 Å². The number of aromatic nitrogens is 1. The van der Waals surface area contributed by atoms with Crippen LogP contribution in [0.2, 0.25) is 0 Å². The molecule has 1 atom stereocenters. The third kappa shape index (κ3) is 3.34. The Bertz CT molecular complexity index is 1030. The zero-order valence-electron chi connectivity index (χ0n) is 14.4. The molecular weight excluding hydrogens is 370 g/mol. The number of carbonyl (C=O) groups is 2. The fourth-order valence-corrected chi connectivity index (χ4v) is 3.48. The van der Waals surface area contributed by atoms with Crippen molar-refractivity contribution in [3.8, 4) is 0 Å². The number of carbonyl (C=O) groups excluding carboxylic acids is 2. The molecule has 2 aromatic rings. The number of benzene rings is 1. The molecule has 0 aliphatic carbocycles. The summed E-state index contributed by atoms with van der Waals surface area (Å²) in [4.78, 5) is 30.4. The third-order valence-electron chi connectivity index (χ3n) is 4.24. The summed E-state index contributed by atoms with van der Waals surface area (Å²) < 4.78 is 22.9. The number of Topliss-reactive ketones (excluding diaryl/α,β-unsaturated/α-hetero) is 1. The standard InChI is InChI=1S/C18H17N3O5S/c1-2-14(22)15-16(13-5-3-4-10-20-13)21(18(24)17(15)23)11-6-8-12(9-7-11)27(19,25)26/h3-10,16,23H,2H2,1H3,(H2,19,25,26). The summed E-state index contributed by atoms with van der Waals surface area (Å²) in [7, 11) is -3.89. The Morgan fingerprint density at radius 3 is 2.41 bits per heavy atom. The highest BCUT2D eigenvalue weighted by Crippen LogP contribution is 2.40. The van der Waals surface area contributed by atoms with E-state index < -0.39 is 27.7 Å². The molecule has 9 heteroatoms. The van der Waals surface area contributed by atoms with Crippen molar-refractivity contribution in [2.24, 2.45) is 5.14 Å². The Morgan fingerprint density at radius 2 is 1.89 bits per heavy atom. The van der Waals surface area contributed by atoms with Crippen LogP contribution >= 0.6 is 0 Å². The van der Waals surface area contributed by atoms with E-state index in [1.165, 1.54) is 35.4 Å². The van der Waals surface area contributed by atoms with E-state index in [1.54, 1.807) is 25.1 Å². The monoisotopic (exact) mass is 387 g/mol. The second-order valence-electron chi connectivity index (χ2n) is 5.91. The Kier molecular flexibility index (Phi) is 4.81. The molecule has 1 aliphatic rings.